The van der Waals surface area contributed by atoms with Crippen molar-refractivity contribution in [2.24, 2.45) is 46.3 Å². The van der Waals surface area contributed by atoms with Crippen molar-refractivity contribution in [3.05, 3.63) is 11.6 Å². The number of amides is 1. The highest BCUT2D eigenvalue weighted by atomic mass is 16.5. The van der Waals surface area contributed by atoms with E-state index in [4.69, 9.17) is 9.47 Å². The van der Waals surface area contributed by atoms with Crippen LogP contribution in [0, 0.1) is 46.3 Å². The van der Waals surface area contributed by atoms with Gasteiger partial charge in [-0.3, -0.25) is 14.4 Å². The summed E-state index contributed by atoms with van der Waals surface area (Å²) < 4.78 is 10.8. The summed E-state index contributed by atoms with van der Waals surface area (Å²) in [6.07, 6.45) is 15.9. The van der Waals surface area contributed by atoms with E-state index in [9.17, 15) is 14.4 Å². The van der Waals surface area contributed by atoms with Crippen molar-refractivity contribution in [3.63, 3.8) is 0 Å². The molecule has 4 rings (SSSR count). The highest BCUT2D eigenvalue weighted by Gasteiger charge is 2.59. The minimum absolute atomic E-state index is 0.0137. The van der Waals surface area contributed by atoms with Gasteiger partial charge in [-0.25, -0.2) is 0 Å². The first-order chi connectivity index (χ1) is 19.8. The second-order valence-corrected chi connectivity index (χ2v) is 15.5. The molecule has 4 aliphatic rings. The molecule has 0 heterocycles. The second-order valence-electron chi connectivity index (χ2n) is 15.5. The van der Waals surface area contributed by atoms with Crippen LogP contribution in [0.1, 0.15) is 132 Å². The molecule has 1 N–H and O–H groups in total. The molecule has 42 heavy (non-hydrogen) atoms. The van der Waals surface area contributed by atoms with Crippen molar-refractivity contribution in [1.82, 2.24) is 5.32 Å². The third kappa shape index (κ3) is 7.44. The molecule has 6 heteroatoms. The lowest BCUT2D eigenvalue weighted by Gasteiger charge is -2.58. The molecule has 0 radical (unpaired) electrons. The first-order valence-electron chi connectivity index (χ1n) is 17.2. The SMILES string of the molecule is CC(C)CCC[C@@H](C)[C@H]1CC[C@H]2[C@@H]3CC=C4C[C@@H](OC(=O)CCC(=O)OCC(=O)NC(C)C)CC[C@]4(C)[C@H]3CC[C@]12C. The fraction of sp³-hybridized carbons (Fsp3) is 0.861. The molecule has 0 spiro atoms. The van der Waals surface area contributed by atoms with Crippen LogP contribution in [0.4, 0.5) is 0 Å². The number of ether oxygens (including phenoxy) is 2. The molecule has 0 aromatic carbocycles. The Balaban J connectivity index is 1.28. The number of hydrogen-bond acceptors (Lipinski definition) is 5. The van der Waals surface area contributed by atoms with Crippen molar-refractivity contribution in [2.45, 2.75) is 144 Å². The maximum atomic E-state index is 12.6. The van der Waals surface area contributed by atoms with E-state index in [1.807, 2.05) is 13.8 Å². The molecule has 0 aliphatic heterocycles. The Morgan fingerprint density at radius 3 is 2.38 bits per heavy atom. The highest BCUT2D eigenvalue weighted by Crippen LogP contribution is 2.67. The van der Waals surface area contributed by atoms with Gasteiger partial charge in [0.25, 0.3) is 5.91 Å². The van der Waals surface area contributed by atoms with Gasteiger partial charge in [0, 0.05) is 12.5 Å². The van der Waals surface area contributed by atoms with Gasteiger partial charge in [0.2, 0.25) is 0 Å². The monoisotopic (exact) mass is 585 g/mol. The average Bonchev–Trinajstić information content (AvgIpc) is 3.27. The number of esters is 2. The third-order valence-electron chi connectivity index (χ3n) is 11.9. The molecular formula is C36H59NO5. The van der Waals surface area contributed by atoms with Gasteiger partial charge in [0.1, 0.15) is 6.10 Å². The predicted octanol–water partition coefficient (Wildman–Crippen LogP) is 7.79. The van der Waals surface area contributed by atoms with Crippen LogP contribution >= 0.6 is 0 Å². The van der Waals surface area contributed by atoms with Crippen LogP contribution in [0.2, 0.25) is 0 Å². The van der Waals surface area contributed by atoms with Crippen molar-refractivity contribution in [2.75, 3.05) is 6.61 Å². The zero-order chi connectivity index (χ0) is 30.7. The molecule has 1 amide bonds. The molecule has 238 valence electrons. The summed E-state index contributed by atoms with van der Waals surface area (Å²) in [6, 6.07) is -0.0137. The molecular weight excluding hydrogens is 526 g/mol. The zero-order valence-corrected chi connectivity index (χ0v) is 27.6. The lowest BCUT2D eigenvalue weighted by atomic mass is 9.47. The van der Waals surface area contributed by atoms with E-state index in [-0.39, 0.29) is 48.9 Å². The summed E-state index contributed by atoms with van der Waals surface area (Å²) in [4.78, 5) is 36.3. The normalized spacial score (nSPS) is 34.6. The first-order valence-corrected chi connectivity index (χ1v) is 17.2. The van der Waals surface area contributed by atoms with Gasteiger partial charge in [-0.05, 0) is 105 Å². The van der Waals surface area contributed by atoms with Crippen LogP contribution in [0.25, 0.3) is 0 Å². The van der Waals surface area contributed by atoms with Gasteiger partial charge >= 0.3 is 11.9 Å². The largest absolute Gasteiger partial charge is 0.462 e. The van der Waals surface area contributed by atoms with E-state index in [1.165, 1.54) is 56.9 Å². The van der Waals surface area contributed by atoms with Crippen LogP contribution in [-0.4, -0.2) is 36.6 Å². The Morgan fingerprint density at radius 1 is 0.929 bits per heavy atom. The number of carbonyl (C=O) groups excluding carboxylic acids is 3. The Morgan fingerprint density at radius 2 is 1.67 bits per heavy atom. The quantitative estimate of drug-likeness (QED) is 0.187. The van der Waals surface area contributed by atoms with Crippen LogP contribution in [0.3, 0.4) is 0 Å². The first kappa shape index (κ1) is 33.1. The van der Waals surface area contributed by atoms with Gasteiger partial charge in [0.05, 0.1) is 12.8 Å². The average molecular weight is 586 g/mol. The summed E-state index contributed by atoms with van der Waals surface area (Å²) in [5.41, 5.74) is 2.21. The van der Waals surface area contributed by atoms with Crippen LogP contribution in [0.5, 0.6) is 0 Å². The molecule has 0 saturated heterocycles. The number of carbonyl (C=O) groups is 3. The Kier molecular flexibility index (Phi) is 10.9. The lowest BCUT2D eigenvalue weighted by molar-refractivity contribution is -0.156. The van der Waals surface area contributed by atoms with E-state index in [1.54, 1.807) is 0 Å². The van der Waals surface area contributed by atoms with Crippen molar-refractivity contribution in [1.29, 1.82) is 0 Å². The van der Waals surface area contributed by atoms with Crippen molar-refractivity contribution >= 4 is 17.8 Å². The minimum atomic E-state index is -0.550. The molecule has 8 atom stereocenters. The number of hydrogen-bond donors (Lipinski definition) is 1. The van der Waals surface area contributed by atoms with E-state index < -0.39 is 5.97 Å². The van der Waals surface area contributed by atoms with Crippen LogP contribution in [-0.2, 0) is 23.9 Å². The Hall–Kier alpha value is -1.85. The van der Waals surface area contributed by atoms with E-state index in [2.05, 4.69) is 46.0 Å². The third-order valence-corrected chi connectivity index (χ3v) is 11.9. The zero-order valence-electron chi connectivity index (χ0n) is 27.6. The maximum absolute atomic E-state index is 12.6. The lowest BCUT2D eigenvalue weighted by Crippen LogP contribution is -2.51. The fourth-order valence-electron chi connectivity index (χ4n) is 9.78. The highest BCUT2D eigenvalue weighted by molar-refractivity contribution is 5.82. The number of nitrogens with one attached hydrogen (secondary N) is 1. The Labute approximate surface area is 255 Å². The smallest absolute Gasteiger partial charge is 0.306 e. The van der Waals surface area contributed by atoms with Crippen LogP contribution < -0.4 is 5.32 Å². The van der Waals surface area contributed by atoms with E-state index in [0.717, 1.165) is 54.8 Å². The molecule has 0 unspecified atom stereocenters. The van der Waals surface area contributed by atoms with Gasteiger partial charge < -0.3 is 14.8 Å². The molecule has 3 fully saturated rings. The van der Waals surface area contributed by atoms with E-state index >= 15 is 0 Å². The fourth-order valence-corrected chi connectivity index (χ4v) is 9.78. The number of rotatable bonds is 12. The minimum Gasteiger partial charge on any atom is -0.462 e. The van der Waals surface area contributed by atoms with Gasteiger partial charge in [-0.2, -0.15) is 0 Å². The molecule has 4 aliphatic carbocycles. The van der Waals surface area contributed by atoms with Gasteiger partial charge in [-0.1, -0.05) is 65.5 Å². The summed E-state index contributed by atoms with van der Waals surface area (Å²) >= 11 is 0. The maximum Gasteiger partial charge on any atom is 0.306 e. The standard InChI is InChI=1S/C36H59NO5/c1-23(2)9-8-10-25(5)29-13-14-30-28-12-11-26-21-27(17-19-35(26,6)31(28)18-20-36(29,30)7)42-34(40)16-15-33(39)41-22-32(38)37-24(3)4/h11,23-25,27-31H,8-10,12-22H2,1-7H3,(H,37,38)/t25-,27+,28+,29-,30+,31+,35+,36-/m1/s1. The van der Waals surface area contributed by atoms with Crippen LogP contribution in [0.15, 0.2) is 11.6 Å². The second kappa shape index (κ2) is 13.8. The molecule has 0 aromatic rings. The van der Waals surface area contributed by atoms with Crippen molar-refractivity contribution < 1.29 is 23.9 Å². The molecule has 3 saturated carbocycles. The predicted molar refractivity (Wildman–Crippen MR) is 166 cm³/mol. The summed E-state index contributed by atoms with van der Waals surface area (Å²) in [5.74, 6) is 3.65. The van der Waals surface area contributed by atoms with Gasteiger partial charge in [0.15, 0.2) is 6.61 Å². The molecule has 0 bridgehead atoms. The summed E-state index contributed by atoms with van der Waals surface area (Å²) in [7, 11) is 0. The molecule has 0 aromatic heterocycles. The Bertz CT molecular complexity index is 1000. The summed E-state index contributed by atoms with van der Waals surface area (Å²) in [5, 5.41) is 2.68. The van der Waals surface area contributed by atoms with E-state index in [0.29, 0.717) is 5.41 Å². The topological polar surface area (TPSA) is 81.7 Å². The van der Waals surface area contributed by atoms with Gasteiger partial charge in [-0.15, -0.1) is 0 Å². The number of fused-ring (bicyclic) bond motifs is 5. The number of allylic oxidation sites excluding steroid dienone is 1. The summed E-state index contributed by atoms with van der Waals surface area (Å²) in [6.45, 7) is 15.8. The molecule has 6 nitrogen and oxygen atoms in total. The van der Waals surface area contributed by atoms with Crippen molar-refractivity contribution in [3.8, 4) is 0 Å².